The van der Waals surface area contributed by atoms with Crippen LogP contribution in [0, 0.1) is 10.1 Å². The lowest BCUT2D eigenvalue weighted by Crippen LogP contribution is -2.09. The minimum Gasteiger partial charge on any atom is -0.422 e. The van der Waals surface area contributed by atoms with E-state index in [-0.39, 0.29) is 11.3 Å². The summed E-state index contributed by atoms with van der Waals surface area (Å²) in [6.07, 6.45) is 1.02. The third-order valence-electron chi connectivity index (χ3n) is 3.65. The summed E-state index contributed by atoms with van der Waals surface area (Å²) < 4.78 is 6.04. The first kappa shape index (κ1) is 17.1. The molecule has 0 bridgehead atoms. The summed E-state index contributed by atoms with van der Waals surface area (Å²) >= 11 is 3.41. The molecule has 0 fully saturated rings. The van der Waals surface area contributed by atoms with Crippen molar-refractivity contribution in [2.45, 2.75) is 26.2 Å². The molecule has 0 amide bonds. The van der Waals surface area contributed by atoms with Crippen molar-refractivity contribution in [1.82, 2.24) is 0 Å². The highest BCUT2D eigenvalue weighted by Crippen LogP contribution is 2.30. The topological polar surface area (TPSA) is 69.4 Å². The average Bonchev–Trinajstić information content (AvgIpc) is 2.55. The molecule has 0 aliphatic carbocycles. The zero-order valence-electron chi connectivity index (χ0n) is 12.8. The largest absolute Gasteiger partial charge is 0.422 e. The maximum absolute atomic E-state index is 12.1. The van der Waals surface area contributed by atoms with Gasteiger partial charge in [0, 0.05) is 12.1 Å². The van der Waals surface area contributed by atoms with E-state index < -0.39 is 10.9 Å². The molecule has 5 nitrogen and oxygen atoms in total. The Kier molecular flexibility index (Phi) is 5.50. The van der Waals surface area contributed by atoms with Crippen molar-refractivity contribution in [1.29, 1.82) is 0 Å². The van der Waals surface area contributed by atoms with Gasteiger partial charge in [0.05, 0.1) is 15.0 Å². The summed E-state index contributed by atoms with van der Waals surface area (Å²) in [7, 11) is 0. The highest BCUT2D eigenvalue weighted by Gasteiger charge is 2.14. The van der Waals surface area contributed by atoms with E-state index in [4.69, 9.17) is 4.74 Å². The van der Waals surface area contributed by atoms with E-state index in [1.54, 1.807) is 6.07 Å². The zero-order valence-corrected chi connectivity index (χ0v) is 14.4. The van der Waals surface area contributed by atoms with Crippen molar-refractivity contribution in [3.05, 3.63) is 68.2 Å². The van der Waals surface area contributed by atoms with Gasteiger partial charge < -0.3 is 4.74 Å². The van der Waals surface area contributed by atoms with Gasteiger partial charge in [0.15, 0.2) is 0 Å². The average molecular weight is 378 g/mol. The highest BCUT2D eigenvalue weighted by atomic mass is 79.9. The number of nitro benzene ring substituents is 1. The maximum atomic E-state index is 12.1. The Morgan fingerprint density at radius 1 is 1.26 bits per heavy atom. The third-order valence-corrected chi connectivity index (χ3v) is 4.27. The van der Waals surface area contributed by atoms with Gasteiger partial charge in [-0.15, -0.1) is 0 Å². The molecule has 0 radical (unpaired) electrons. The van der Waals surface area contributed by atoms with Gasteiger partial charge in [-0.3, -0.25) is 10.1 Å². The standard InChI is InChI=1S/C17H16BrNO4/c1-3-11(2)13-6-9-16(15(18)10-13)23-17(20)12-4-7-14(8-5-12)19(21)22/h4-11H,3H2,1-2H3. The highest BCUT2D eigenvalue weighted by molar-refractivity contribution is 9.10. The van der Waals surface area contributed by atoms with Crippen molar-refractivity contribution < 1.29 is 14.5 Å². The van der Waals surface area contributed by atoms with Crippen LogP contribution in [-0.2, 0) is 0 Å². The molecule has 2 rings (SSSR count). The van der Waals surface area contributed by atoms with E-state index >= 15 is 0 Å². The number of benzene rings is 2. The Balaban J connectivity index is 2.15. The molecule has 0 heterocycles. The SMILES string of the molecule is CCC(C)c1ccc(OC(=O)c2ccc([N+](=O)[O-])cc2)c(Br)c1. The van der Waals surface area contributed by atoms with Gasteiger partial charge in [0.1, 0.15) is 5.75 Å². The molecule has 0 spiro atoms. The zero-order chi connectivity index (χ0) is 17.0. The molecule has 0 aliphatic heterocycles. The quantitative estimate of drug-likeness (QED) is 0.315. The Bertz CT molecular complexity index is 728. The Morgan fingerprint density at radius 3 is 2.43 bits per heavy atom. The summed E-state index contributed by atoms with van der Waals surface area (Å²) in [5, 5.41) is 10.6. The number of ether oxygens (including phenoxy) is 1. The van der Waals surface area contributed by atoms with Crippen LogP contribution in [0.15, 0.2) is 46.9 Å². The number of nitro groups is 1. The molecule has 23 heavy (non-hydrogen) atoms. The molecular formula is C17H16BrNO4. The van der Waals surface area contributed by atoms with Gasteiger partial charge in [-0.25, -0.2) is 4.79 Å². The van der Waals surface area contributed by atoms with Gasteiger partial charge in [0.2, 0.25) is 0 Å². The Hall–Kier alpha value is -2.21. The smallest absolute Gasteiger partial charge is 0.343 e. The van der Waals surface area contributed by atoms with Crippen LogP contribution in [0.3, 0.4) is 0 Å². The van der Waals surface area contributed by atoms with Gasteiger partial charge in [-0.05, 0) is 58.1 Å². The fraction of sp³-hybridized carbons (Fsp3) is 0.235. The molecule has 1 atom stereocenters. The molecule has 2 aromatic carbocycles. The van der Waals surface area contributed by atoms with Crippen LogP contribution in [0.1, 0.15) is 42.1 Å². The molecule has 0 saturated carbocycles. The van der Waals surface area contributed by atoms with Crippen molar-refractivity contribution >= 4 is 27.6 Å². The van der Waals surface area contributed by atoms with Crippen LogP contribution in [-0.4, -0.2) is 10.9 Å². The molecule has 0 N–H and O–H groups in total. The van der Waals surface area contributed by atoms with Crippen molar-refractivity contribution in [2.75, 3.05) is 0 Å². The van der Waals surface area contributed by atoms with Crippen LogP contribution in [0.2, 0.25) is 0 Å². The first-order valence-electron chi connectivity index (χ1n) is 7.18. The number of halogens is 1. The lowest BCUT2D eigenvalue weighted by Gasteiger charge is -2.12. The van der Waals surface area contributed by atoms with Crippen LogP contribution >= 0.6 is 15.9 Å². The number of hydrogen-bond acceptors (Lipinski definition) is 4. The number of carbonyl (C=O) groups excluding carboxylic acids is 1. The van der Waals surface area contributed by atoms with E-state index in [1.807, 2.05) is 12.1 Å². The summed E-state index contributed by atoms with van der Waals surface area (Å²) in [6.45, 7) is 4.24. The lowest BCUT2D eigenvalue weighted by atomic mass is 9.99. The van der Waals surface area contributed by atoms with E-state index in [0.717, 1.165) is 12.0 Å². The minimum absolute atomic E-state index is 0.0689. The van der Waals surface area contributed by atoms with Gasteiger partial charge in [0.25, 0.3) is 5.69 Å². The van der Waals surface area contributed by atoms with Crippen LogP contribution in [0.4, 0.5) is 5.69 Å². The molecule has 0 aromatic heterocycles. The number of rotatable bonds is 5. The van der Waals surface area contributed by atoms with Crippen molar-refractivity contribution in [2.24, 2.45) is 0 Å². The van der Waals surface area contributed by atoms with Gasteiger partial charge in [-0.2, -0.15) is 0 Å². The Labute approximate surface area is 142 Å². The van der Waals surface area contributed by atoms with E-state index in [9.17, 15) is 14.9 Å². The van der Waals surface area contributed by atoms with Crippen LogP contribution in [0.25, 0.3) is 0 Å². The van der Waals surface area contributed by atoms with Crippen LogP contribution in [0.5, 0.6) is 5.75 Å². The molecule has 0 aliphatic rings. The van der Waals surface area contributed by atoms with Gasteiger partial charge >= 0.3 is 5.97 Å². The number of non-ortho nitro benzene ring substituents is 1. The second-order valence-corrected chi connectivity index (χ2v) is 6.05. The summed E-state index contributed by atoms with van der Waals surface area (Å²) in [5.74, 6) is 0.281. The van der Waals surface area contributed by atoms with E-state index in [2.05, 4.69) is 29.8 Å². The third kappa shape index (κ3) is 4.16. The molecule has 6 heteroatoms. The monoisotopic (exact) mass is 377 g/mol. The first-order valence-corrected chi connectivity index (χ1v) is 7.97. The van der Waals surface area contributed by atoms with E-state index in [0.29, 0.717) is 16.1 Å². The number of nitrogens with zero attached hydrogens (tertiary/aromatic N) is 1. The summed E-state index contributed by atoms with van der Waals surface area (Å²) in [4.78, 5) is 22.2. The lowest BCUT2D eigenvalue weighted by molar-refractivity contribution is -0.384. The summed E-state index contributed by atoms with van der Waals surface area (Å²) in [6, 6.07) is 10.9. The Morgan fingerprint density at radius 2 is 1.91 bits per heavy atom. The second-order valence-electron chi connectivity index (χ2n) is 5.19. The molecule has 1 unspecified atom stereocenters. The normalized spacial score (nSPS) is 11.8. The molecular weight excluding hydrogens is 362 g/mol. The number of carbonyl (C=O) groups is 1. The number of esters is 1. The fourth-order valence-corrected chi connectivity index (χ4v) is 2.50. The second kappa shape index (κ2) is 7.37. The maximum Gasteiger partial charge on any atom is 0.343 e. The predicted molar refractivity (Wildman–Crippen MR) is 90.9 cm³/mol. The summed E-state index contributed by atoms with van der Waals surface area (Å²) in [5.41, 5.74) is 1.35. The van der Waals surface area contributed by atoms with E-state index in [1.165, 1.54) is 24.3 Å². The molecule has 120 valence electrons. The predicted octanol–water partition coefficient (Wildman–Crippen LogP) is 5.09. The van der Waals surface area contributed by atoms with Gasteiger partial charge in [-0.1, -0.05) is 19.9 Å². The fourth-order valence-electron chi connectivity index (χ4n) is 2.02. The molecule has 2 aromatic rings. The van der Waals surface area contributed by atoms with Crippen molar-refractivity contribution in [3.63, 3.8) is 0 Å². The van der Waals surface area contributed by atoms with Crippen molar-refractivity contribution in [3.8, 4) is 5.75 Å². The first-order chi connectivity index (χ1) is 10.9. The minimum atomic E-state index is -0.558. The van der Waals surface area contributed by atoms with Crippen LogP contribution < -0.4 is 4.74 Å². The number of hydrogen-bond donors (Lipinski definition) is 0. The molecule has 0 saturated heterocycles.